The summed E-state index contributed by atoms with van der Waals surface area (Å²) in [5.74, 6) is 1.46. The lowest BCUT2D eigenvalue weighted by molar-refractivity contribution is -0.128. The number of methoxy groups -OCH3 is 3. The summed E-state index contributed by atoms with van der Waals surface area (Å²) < 4.78 is 15.7. The molecule has 0 radical (unpaired) electrons. The Morgan fingerprint density at radius 2 is 1.78 bits per heavy atom. The largest absolute Gasteiger partial charge is 0.497 e. The molecule has 0 spiro atoms. The van der Waals surface area contributed by atoms with Gasteiger partial charge in [0.2, 0.25) is 11.8 Å². The second-order valence-electron chi connectivity index (χ2n) is 7.01. The Bertz CT molecular complexity index is 994. The third-order valence-electron chi connectivity index (χ3n) is 4.80. The summed E-state index contributed by atoms with van der Waals surface area (Å²) in [6.07, 6.45) is 0.832. The highest BCUT2D eigenvalue weighted by atomic mass is 32.2. The van der Waals surface area contributed by atoms with E-state index in [2.05, 4.69) is 10.3 Å². The van der Waals surface area contributed by atoms with Crippen LogP contribution in [0.15, 0.2) is 47.5 Å². The van der Waals surface area contributed by atoms with Crippen LogP contribution in [0, 0.1) is 0 Å². The second-order valence-corrected chi connectivity index (χ2v) is 8.18. The number of anilines is 1. The quantitative estimate of drug-likeness (QED) is 0.610. The molecule has 0 aliphatic carbocycles. The molecule has 3 rings (SSSR count). The van der Waals surface area contributed by atoms with Crippen molar-refractivity contribution in [1.29, 1.82) is 0 Å². The van der Waals surface area contributed by atoms with Crippen molar-refractivity contribution in [2.45, 2.75) is 25.0 Å². The van der Waals surface area contributed by atoms with Crippen molar-refractivity contribution in [2.24, 2.45) is 4.99 Å². The average Bonchev–Trinajstić information content (AvgIpc) is 3.08. The molecular formula is C23H27N3O5S. The highest BCUT2D eigenvalue weighted by molar-refractivity contribution is 8.15. The van der Waals surface area contributed by atoms with E-state index in [4.69, 9.17) is 14.2 Å². The zero-order valence-corrected chi connectivity index (χ0v) is 19.4. The normalized spacial score (nSPS) is 16.9. The van der Waals surface area contributed by atoms with Gasteiger partial charge in [0, 0.05) is 24.7 Å². The van der Waals surface area contributed by atoms with Crippen molar-refractivity contribution in [1.82, 2.24) is 4.90 Å². The van der Waals surface area contributed by atoms with E-state index in [1.807, 2.05) is 31.2 Å². The van der Waals surface area contributed by atoms with Gasteiger partial charge in [-0.2, -0.15) is 0 Å². The molecule has 0 aromatic heterocycles. The highest BCUT2D eigenvalue weighted by Gasteiger charge is 2.38. The number of benzene rings is 2. The molecule has 2 amide bonds. The molecule has 1 aliphatic rings. The number of amidine groups is 1. The van der Waals surface area contributed by atoms with Crippen molar-refractivity contribution in [3.8, 4) is 17.2 Å². The van der Waals surface area contributed by atoms with Crippen LogP contribution < -0.4 is 19.5 Å². The van der Waals surface area contributed by atoms with Gasteiger partial charge >= 0.3 is 0 Å². The lowest BCUT2D eigenvalue weighted by atomic mass is 10.2. The average molecular weight is 458 g/mol. The molecule has 2 aromatic carbocycles. The summed E-state index contributed by atoms with van der Waals surface area (Å²) in [6, 6.07) is 12.4. The first-order valence-corrected chi connectivity index (χ1v) is 11.1. The Kier molecular flexibility index (Phi) is 7.99. The summed E-state index contributed by atoms with van der Waals surface area (Å²) in [4.78, 5) is 31.9. The Labute approximate surface area is 191 Å². The van der Waals surface area contributed by atoms with Crippen molar-refractivity contribution in [3.05, 3.63) is 42.5 Å². The molecule has 0 bridgehead atoms. The third-order valence-corrected chi connectivity index (χ3v) is 5.98. The van der Waals surface area contributed by atoms with Crippen LogP contribution in [0.2, 0.25) is 0 Å². The van der Waals surface area contributed by atoms with Crippen LogP contribution >= 0.6 is 11.8 Å². The molecule has 1 saturated heterocycles. The van der Waals surface area contributed by atoms with Crippen LogP contribution in [0.4, 0.5) is 11.4 Å². The fourth-order valence-electron chi connectivity index (χ4n) is 3.22. The van der Waals surface area contributed by atoms with Gasteiger partial charge in [0.15, 0.2) is 16.7 Å². The minimum absolute atomic E-state index is 0.0414. The maximum atomic E-state index is 13.0. The maximum Gasteiger partial charge on any atom is 0.242 e. The monoisotopic (exact) mass is 457 g/mol. The van der Waals surface area contributed by atoms with E-state index in [0.29, 0.717) is 28.9 Å². The van der Waals surface area contributed by atoms with Gasteiger partial charge in [-0.15, -0.1) is 0 Å². The van der Waals surface area contributed by atoms with Crippen molar-refractivity contribution >= 4 is 40.1 Å². The maximum absolute atomic E-state index is 13.0. The van der Waals surface area contributed by atoms with E-state index in [1.54, 1.807) is 37.3 Å². The molecule has 32 heavy (non-hydrogen) atoms. The fourth-order valence-corrected chi connectivity index (χ4v) is 4.40. The molecule has 1 unspecified atom stereocenters. The number of nitrogens with one attached hydrogen (secondary N) is 1. The first-order chi connectivity index (χ1) is 15.5. The molecule has 0 saturated carbocycles. The van der Waals surface area contributed by atoms with Gasteiger partial charge in [0.05, 0.1) is 27.0 Å². The number of hydrogen-bond donors (Lipinski definition) is 1. The minimum Gasteiger partial charge on any atom is -0.497 e. The zero-order chi connectivity index (χ0) is 23.1. The number of carbonyl (C=O) groups excluding carboxylic acids is 2. The predicted molar refractivity (Wildman–Crippen MR) is 126 cm³/mol. The fraction of sp³-hybridized carbons (Fsp3) is 0.348. The predicted octanol–water partition coefficient (Wildman–Crippen LogP) is 4.08. The summed E-state index contributed by atoms with van der Waals surface area (Å²) in [5, 5.41) is 2.90. The molecule has 2 aromatic rings. The molecule has 1 fully saturated rings. The number of hydrogen-bond acceptors (Lipinski definition) is 7. The summed E-state index contributed by atoms with van der Waals surface area (Å²) >= 11 is 1.31. The number of amides is 2. The second kappa shape index (κ2) is 10.9. The molecule has 1 atom stereocenters. The number of carbonyl (C=O) groups is 2. The van der Waals surface area contributed by atoms with Crippen LogP contribution in [0.5, 0.6) is 17.2 Å². The Hall–Kier alpha value is -3.20. The summed E-state index contributed by atoms with van der Waals surface area (Å²) in [7, 11) is 4.68. The summed E-state index contributed by atoms with van der Waals surface area (Å²) in [5.41, 5.74) is 1.29. The number of thioether (sulfide) groups is 1. The van der Waals surface area contributed by atoms with Gasteiger partial charge in [-0.3, -0.25) is 14.5 Å². The van der Waals surface area contributed by atoms with E-state index in [1.165, 1.54) is 18.9 Å². The Balaban J connectivity index is 1.71. The van der Waals surface area contributed by atoms with Gasteiger partial charge in [-0.05, 0) is 42.8 Å². The molecule has 8 nitrogen and oxygen atoms in total. The van der Waals surface area contributed by atoms with Gasteiger partial charge in [0.1, 0.15) is 11.0 Å². The lowest BCUT2D eigenvalue weighted by Gasteiger charge is -2.15. The van der Waals surface area contributed by atoms with Gasteiger partial charge in [-0.25, -0.2) is 4.99 Å². The smallest absolute Gasteiger partial charge is 0.242 e. The summed E-state index contributed by atoms with van der Waals surface area (Å²) in [6.45, 7) is 2.55. The van der Waals surface area contributed by atoms with E-state index in [-0.39, 0.29) is 18.2 Å². The lowest BCUT2D eigenvalue weighted by Crippen LogP contribution is -2.34. The number of aliphatic imine (C=N–C) groups is 1. The molecule has 170 valence electrons. The van der Waals surface area contributed by atoms with E-state index < -0.39 is 5.25 Å². The van der Waals surface area contributed by atoms with E-state index in [0.717, 1.165) is 17.9 Å². The first kappa shape index (κ1) is 23.5. The van der Waals surface area contributed by atoms with Crippen LogP contribution in [0.25, 0.3) is 0 Å². The van der Waals surface area contributed by atoms with E-state index in [9.17, 15) is 9.59 Å². The van der Waals surface area contributed by atoms with Crippen LogP contribution in [0.3, 0.4) is 0 Å². The molecule has 1 N–H and O–H groups in total. The topological polar surface area (TPSA) is 89.5 Å². The highest BCUT2D eigenvalue weighted by Crippen LogP contribution is 2.33. The minimum atomic E-state index is -0.529. The van der Waals surface area contributed by atoms with Gasteiger partial charge in [-0.1, -0.05) is 18.7 Å². The van der Waals surface area contributed by atoms with Crippen LogP contribution in [-0.2, 0) is 9.59 Å². The third kappa shape index (κ3) is 5.53. The Morgan fingerprint density at radius 3 is 2.41 bits per heavy atom. The van der Waals surface area contributed by atoms with Crippen LogP contribution in [-0.4, -0.2) is 55.0 Å². The van der Waals surface area contributed by atoms with Crippen LogP contribution in [0.1, 0.15) is 19.8 Å². The first-order valence-electron chi connectivity index (χ1n) is 10.2. The SMILES string of the molecule is CCCN1C(=O)C(CC(=O)Nc2ccc(OC)c(OC)c2)SC1=Nc1ccc(OC)cc1. The standard InChI is InChI=1S/C23H27N3O5S/c1-5-12-26-22(28)20(32-23(26)25-15-6-9-17(29-2)10-7-15)14-21(27)24-16-8-11-18(30-3)19(13-16)31-4/h6-11,13,20H,5,12,14H2,1-4H3,(H,24,27). The zero-order valence-electron chi connectivity index (χ0n) is 18.6. The molecule has 1 heterocycles. The van der Waals surface area contributed by atoms with Gasteiger partial charge < -0.3 is 19.5 Å². The van der Waals surface area contributed by atoms with Crippen molar-refractivity contribution < 1.29 is 23.8 Å². The van der Waals surface area contributed by atoms with Crippen molar-refractivity contribution in [3.63, 3.8) is 0 Å². The molecular weight excluding hydrogens is 430 g/mol. The van der Waals surface area contributed by atoms with Gasteiger partial charge in [0.25, 0.3) is 0 Å². The number of nitrogens with zero attached hydrogens (tertiary/aromatic N) is 2. The number of ether oxygens (including phenoxy) is 3. The van der Waals surface area contributed by atoms with Crippen molar-refractivity contribution in [2.75, 3.05) is 33.2 Å². The number of rotatable bonds is 9. The van der Waals surface area contributed by atoms with E-state index >= 15 is 0 Å². The molecule has 1 aliphatic heterocycles. The Morgan fingerprint density at radius 1 is 1.06 bits per heavy atom. The molecule has 9 heteroatoms.